The van der Waals surface area contributed by atoms with Gasteiger partial charge in [0.15, 0.2) is 11.6 Å². The van der Waals surface area contributed by atoms with Gasteiger partial charge in [0.2, 0.25) is 0 Å². The lowest BCUT2D eigenvalue weighted by Crippen LogP contribution is -2.36. The second-order valence-electron chi connectivity index (χ2n) is 4.46. The van der Waals surface area contributed by atoms with Gasteiger partial charge in [-0.05, 0) is 19.1 Å². The summed E-state index contributed by atoms with van der Waals surface area (Å²) in [5.41, 5.74) is 5.33. The van der Waals surface area contributed by atoms with Crippen molar-refractivity contribution in [1.29, 1.82) is 0 Å². The number of carbonyl (C=O) groups is 1. The lowest BCUT2D eigenvalue weighted by atomic mass is 10.1. The van der Waals surface area contributed by atoms with Gasteiger partial charge in [0.25, 0.3) is 5.91 Å². The maximum absolute atomic E-state index is 13.1. The summed E-state index contributed by atoms with van der Waals surface area (Å²) < 4.78 is 27.7. The maximum atomic E-state index is 13.1. The van der Waals surface area contributed by atoms with E-state index in [9.17, 15) is 13.6 Å². The van der Waals surface area contributed by atoms with E-state index in [1.54, 1.807) is 30.1 Å². The molecule has 2 aromatic rings. The molecule has 1 aromatic heterocycles. The molecule has 20 heavy (non-hydrogen) atoms. The molecule has 0 aliphatic rings. The molecule has 0 bridgehead atoms. The van der Waals surface area contributed by atoms with Crippen LogP contribution in [0.4, 0.5) is 14.5 Å². The molecule has 5 nitrogen and oxygen atoms in total. The monoisotopic (exact) mass is 280 g/mol. The highest BCUT2D eigenvalue weighted by molar-refractivity contribution is 5.99. The summed E-state index contributed by atoms with van der Waals surface area (Å²) in [4.78, 5) is 12.0. The Morgan fingerprint density at radius 3 is 2.80 bits per heavy atom. The summed E-state index contributed by atoms with van der Waals surface area (Å²) in [7, 11) is 0. The van der Waals surface area contributed by atoms with Crippen LogP contribution in [0.2, 0.25) is 0 Å². The summed E-state index contributed by atoms with van der Waals surface area (Å²) >= 11 is 0. The van der Waals surface area contributed by atoms with Crippen LogP contribution in [-0.2, 0) is 6.54 Å². The minimum atomic E-state index is -1.11. The fourth-order valence-electron chi connectivity index (χ4n) is 1.80. The fraction of sp³-hybridized carbons (Fsp3) is 0.231. The van der Waals surface area contributed by atoms with E-state index in [0.717, 1.165) is 12.1 Å². The van der Waals surface area contributed by atoms with E-state index in [4.69, 9.17) is 5.73 Å². The number of hydrogen-bond acceptors (Lipinski definition) is 3. The Labute approximate surface area is 114 Å². The Balaban J connectivity index is 2.06. The summed E-state index contributed by atoms with van der Waals surface area (Å²) in [5, 5.41) is 6.66. The average Bonchev–Trinajstić information content (AvgIpc) is 2.86. The molecule has 106 valence electrons. The van der Waals surface area contributed by atoms with Crippen LogP contribution in [0.5, 0.6) is 0 Å². The Morgan fingerprint density at radius 2 is 2.15 bits per heavy atom. The van der Waals surface area contributed by atoms with Gasteiger partial charge in [-0.3, -0.25) is 9.48 Å². The lowest BCUT2D eigenvalue weighted by Gasteiger charge is -2.15. The third-order valence-corrected chi connectivity index (χ3v) is 2.73. The van der Waals surface area contributed by atoms with E-state index in [-0.39, 0.29) is 17.3 Å². The molecule has 0 saturated carbocycles. The summed E-state index contributed by atoms with van der Waals surface area (Å²) in [6.45, 7) is 2.23. The minimum absolute atomic E-state index is 0.0868. The second kappa shape index (κ2) is 5.68. The standard InChI is InChI=1S/C13H14F2N4O/c1-8(7-19-4-2-3-17-19)18-13(20)9-5-10(14)11(15)6-12(9)16/h2-6,8H,7,16H2,1H3,(H,18,20). The van der Waals surface area contributed by atoms with Gasteiger partial charge in [0.05, 0.1) is 12.1 Å². The van der Waals surface area contributed by atoms with E-state index in [2.05, 4.69) is 10.4 Å². The topological polar surface area (TPSA) is 72.9 Å². The van der Waals surface area contributed by atoms with Crippen LogP contribution in [0.3, 0.4) is 0 Å². The van der Waals surface area contributed by atoms with Crippen molar-refractivity contribution in [1.82, 2.24) is 15.1 Å². The third-order valence-electron chi connectivity index (χ3n) is 2.73. The number of carbonyl (C=O) groups excluding carboxylic acids is 1. The number of nitrogens with zero attached hydrogens (tertiary/aromatic N) is 2. The second-order valence-corrected chi connectivity index (χ2v) is 4.46. The Hall–Kier alpha value is -2.44. The molecule has 1 unspecified atom stereocenters. The smallest absolute Gasteiger partial charge is 0.253 e. The molecule has 1 heterocycles. The number of aromatic nitrogens is 2. The van der Waals surface area contributed by atoms with Crippen molar-refractivity contribution < 1.29 is 13.6 Å². The zero-order chi connectivity index (χ0) is 14.7. The van der Waals surface area contributed by atoms with Gasteiger partial charge in [-0.2, -0.15) is 5.10 Å². The number of nitrogens with two attached hydrogens (primary N) is 1. The zero-order valence-electron chi connectivity index (χ0n) is 10.8. The number of anilines is 1. The van der Waals surface area contributed by atoms with Gasteiger partial charge in [0, 0.05) is 30.2 Å². The number of rotatable bonds is 4. The molecular weight excluding hydrogens is 266 g/mol. The molecule has 0 saturated heterocycles. The Kier molecular flexibility index (Phi) is 3.97. The lowest BCUT2D eigenvalue weighted by molar-refractivity contribution is 0.0936. The summed E-state index contributed by atoms with van der Waals surface area (Å²) in [6.07, 6.45) is 3.39. The first-order valence-electron chi connectivity index (χ1n) is 6.00. The van der Waals surface area contributed by atoms with E-state index in [1.807, 2.05) is 0 Å². The Bertz CT molecular complexity index is 613. The maximum Gasteiger partial charge on any atom is 0.253 e. The minimum Gasteiger partial charge on any atom is -0.398 e. The van der Waals surface area contributed by atoms with Crippen molar-refractivity contribution >= 4 is 11.6 Å². The van der Waals surface area contributed by atoms with Crippen molar-refractivity contribution in [3.05, 3.63) is 47.8 Å². The first-order chi connectivity index (χ1) is 9.47. The normalized spacial score (nSPS) is 12.2. The third kappa shape index (κ3) is 3.11. The highest BCUT2D eigenvalue weighted by Crippen LogP contribution is 2.17. The van der Waals surface area contributed by atoms with Crippen LogP contribution in [0.15, 0.2) is 30.6 Å². The van der Waals surface area contributed by atoms with E-state index >= 15 is 0 Å². The summed E-state index contributed by atoms with van der Waals surface area (Å²) in [5.74, 6) is -2.74. The van der Waals surface area contributed by atoms with Crippen molar-refractivity contribution in [2.45, 2.75) is 19.5 Å². The fourth-order valence-corrected chi connectivity index (χ4v) is 1.80. The molecule has 1 atom stereocenters. The van der Waals surface area contributed by atoms with Gasteiger partial charge < -0.3 is 11.1 Å². The molecule has 1 aromatic carbocycles. The molecular formula is C13H14F2N4O. The van der Waals surface area contributed by atoms with Crippen LogP contribution in [0.1, 0.15) is 17.3 Å². The van der Waals surface area contributed by atoms with Crippen molar-refractivity contribution in [2.24, 2.45) is 0 Å². The number of amides is 1. The molecule has 0 spiro atoms. The van der Waals surface area contributed by atoms with E-state index in [1.165, 1.54) is 0 Å². The van der Waals surface area contributed by atoms with Gasteiger partial charge in [-0.1, -0.05) is 0 Å². The molecule has 0 aliphatic carbocycles. The van der Waals surface area contributed by atoms with Gasteiger partial charge >= 0.3 is 0 Å². The Morgan fingerprint density at radius 1 is 1.45 bits per heavy atom. The van der Waals surface area contributed by atoms with Gasteiger partial charge in [0.1, 0.15) is 0 Å². The number of nitrogen functional groups attached to an aromatic ring is 1. The quantitative estimate of drug-likeness (QED) is 0.835. The van der Waals surface area contributed by atoms with Gasteiger partial charge in [-0.15, -0.1) is 0 Å². The number of hydrogen-bond donors (Lipinski definition) is 2. The number of benzene rings is 1. The van der Waals surface area contributed by atoms with Crippen LogP contribution < -0.4 is 11.1 Å². The summed E-state index contributed by atoms with van der Waals surface area (Å²) in [6, 6.07) is 3.11. The number of nitrogens with one attached hydrogen (secondary N) is 1. The van der Waals surface area contributed by atoms with Gasteiger partial charge in [-0.25, -0.2) is 8.78 Å². The SMILES string of the molecule is CC(Cn1cccn1)NC(=O)c1cc(F)c(F)cc1N. The van der Waals surface area contributed by atoms with Crippen LogP contribution in [0, 0.1) is 11.6 Å². The molecule has 0 radical (unpaired) electrons. The molecule has 7 heteroatoms. The highest BCUT2D eigenvalue weighted by atomic mass is 19.2. The molecule has 0 fully saturated rings. The largest absolute Gasteiger partial charge is 0.398 e. The number of halogens is 2. The van der Waals surface area contributed by atoms with E-state index < -0.39 is 17.5 Å². The predicted octanol–water partition coefficient (Wildman–Crippen LogP) is 1.56. The first-order valence-corrected chi connectivity index (χ1v) is 6.00. The molecule has 3 N–H and O–H groups in total. The molecule has 1 amide bonds. The molecule has 0 aliphatic heterocycles. The first kappa shape index (κ1) is 14.0. The van der Waals surface area contributed by atoms with Crippen LogP contribution in [0.25, 0.3) is 0 Å². The van der Waals surface area contributed by atoms with Crippen LogP contribution >= 0.6 is 0 Å². The van der Waals surface area contributed by atoms with E-state index in [0.29, 0.717) is 6.54 Å². The predicted molar refractivity (Wildman–Crippen MR) is 69.9 cm³/mol. The van der Waals surface area contributed by atoms with Crippen molar-refractivity contribution in [3.63, 3.8) is 0 Å². The highest BCUT2D eigenvalue weighted by Gasteiger charge is 2.16. The van der Waals surface area contributed by atoms with Crippen molar-refractivity contribution in [2.75, 3.05) is 5.73 Å². The van der Waals surface area contributed by atoms with Crippen LogP contribution in [-0.4, -0.2) is 21.7 Å². The van der Waals surface area contributed by atoms with Crippen molar-refractivity contribution in [3.8, 4) is 0 Å². The average molecular weight is 280 g/mol. The zero-order valence-corrected chi connectivity index (χ0v) is 10.8. The molecule has 2 rings (SSSR count).